The number of benzene rings is 1. The first-order valence-corrected chi connectivity index (χ1v) is 12.8. The average Bonchev–Trinajstić information content (AvgIpc) is 2.90. The molecular weight excluding hydrogens is 519 g/mol. The number of hydrogen-bond donors (Lipinski definition) is 2. The fraction of sp³-hybridized carbons (Fsp3) is 0.407. The number of amides is 2. The molecule has 0 spiro atoms. The highest BCUT2D eigenvalue weighted by molar-refractivity contribution is 6.31. The Bertz CT molecular complexity index is 1280. The highest BCUT2D eigenvalue weighted by Gasteiger charge is 2.34. The minimum atomic E-state index is -4.57. The summed E-state index contributed by atoms with van der Waals surface area (Å²) in [6, 6.07) is 9.33. The van der Waals surface area contributed by atoms with Gasteiger partial charge in [0.15, 0.2) is 0 Å². The highest BCUT2D eigenvalue weighted by atomic mass is 35.5. The Balaban J connectivity index is 1.30. The van der Waals surface area contributed by atoms with Gasteiger partial charge in [0.1, 0.15) is 5.69 Å². The minimum absolute atomic E-state index is 0.00734. The molecule has 0 saturated heterocycles. The first-order chi connectivity index (χ1) is 18.1. The van der Waals surface area contributed by atoms with E-state index in [1.54, 1.807) is 31.6 Å². The molecule has 1 aromatic carbocycles. The van der Waals surface area contributed by atoms with Crippen molar-refractivity contribution < 1.29 is 22.8 Å². The van der Waals surface area contributed by atoms with E-state index in [2.05, 4.69) is 20.6 Å². The third-order valence-corrected chi connectivity index (χ3v) is 7.06. The van der Waals surface area contributed by atoms with E-state index in [9.17, 15) is 22.8 Å². The normalized spacial score (nSPS) is 17.7. The summed E-state index contributed by atoms with van der Waals surface area (Å²) >= 11 is 6.13. The van der Waals surface area contributed by atoms with E-state index < -0.39 is 11.9 Å². The minimum Gasteiger partial charge on any atom is -0.371 e. The van der Waals surface area contributed by atoms with Crippen LogP contribution in [0.4, 0.5) is 18.9 Å². The molecule has 38 heavy (non-hydrogen) atoms. The van der Waals surface area contributed by atoms with Gasteiger partial charge in [-0.3, -0.25) is 14.6 Å². The third kappa shape index (κ3) is 7.12. The number of pyridine rings is 2. The van der Waals surface area contributed by atoms with E-state index in [0.717, 1.165) is 11.6 Å². The molecule has 3 aromatic rings. The van der Waals surface area contributed by atoms with Crippen molar-refractivity contribution >= 4 is 40.0 Å². The molecule has 0 radical (unpaired) electrons. The summed E-state index contributed by atoms with van der Waals surface area (Å²) < 4.78 is 40.5. The Labute approximate surface area is 223 Å². The number of carbonyl (C=O) groups excluding carboxylic acids is 2. The van der Waals surface area contributed by atoms with Crippen LogP contribution in [-0.4, -0.2) is 40.9 Å². The Morgan fingerprint density at radius 1 is 1.08 bits per heavy atom. The van der Waals surface area contributed by atoms with Crippen LogP contribution in [-0.2, 0) is 22.3 Å². The zero-order valence-corrected chi connectivity index (χ0v) is 21.6. The fourth-order valence-electron chi connectivity index (χ4n) is 4.74. The SMILES string of the molecule is CN(c1cc(C(F)(F)F)nc2ccc(Cl)cc12)C1CCC(NC(=O)CCC(=O)NCc2cccnc2)CC1. The summed E-state index contributed by atoms with van der Waals surface area (Å²) in [6.07, 6.45) is 1.68. The van der Waals surface area contributed by atoms with E-state index in [-0.39, 0.29) is 42.3 Å². The molecule has 2 N–H and O–H groups in total. The van der Waals surface area contributed by atoms with E-state index >= 15 is 0 Å². The predicted octanol–water partition coefficient (Wildman–Crippen LogP) is 5.26. The second-order valence-electron chi connectivity index (χ2n) is 9.51. The van der Waals surface area contributed by atoms with Gasteiger partial charge < -0.3 is 15.5 Å². The lowest BCUT2D eigenvalue weighted by atomic mass is 9.89. The van der Waals surface area contributed by atoms with Crippen LogP contribution in [0.5, 0.6) is 0 Å². The van der Waals surface area contributed by atoms with E-state index in [0.29, 0.717) is 48.3 Å². The smallest absolute Gasteiger partial charge is 0.371 e. The maximum atomic E-state index is 13.5. The number of halogens is 4. The van der Waals surface area contributed by atoms with Crippen molar-refractivity contribution in [3.8, 4) is 0 Å². The summed E-state index contributed by atoms with van der Waals surface area (Å²) in [5.41, 5.74) is 0.593. The first kappa shape index (κ1) is 27.6. The van der Waals surface area contributed by atoms with E-state index in [1.807, 2.05) is 11.0 Å². The highest BCUT2D eigenvalue weighted by Crippen LogP contribution is 2.37. The van der Waals surface area contributed by atoms with Crippen molar-refractivity contribution in [2.45, 2.75) is 63.3 Å². The van der Waals surface area contributed by atoms with Crippen LogP contribution in [0.25, 0.3) is 10.9 Å². The van der Waals surface area contributed by atoms with Crippen molar-refractivity contribution in [3.63, 3.8) is 0 Å². The number of aromatic nitrogens is 2. The summed E-state index contributed by atoms with van der Waals surface area (Å²) in [6.45, 7) is 0.356. The zero-order chi connectivity index (χ0) is 27.3. The number of fused-ring (bicyclic) bond motifs is 1. The molecule has 2 amide bonds. The quantitative estimate of drug-likeness (QED) is 0.401. The number of nitrogens with one attached hydrogen (secondary N) is 2. The predicted molar refractivity (Wildman–Crippen MR) is 140 cm³/mol. The Kier molecular flexibility index (Phi) is 8.71. The fourth-order valence-corrected chi connectivity index (χ4v) is 4.91. The van der Waals surface area contributed by atoms with Crippen molar-refractivity contribution in [2.75, 3.05) is 11.9 Å². The van der Waals surface area contributed by atoms with Gasteiger partial charge in [-0.1, -0.05) is 17.7 Å². The lowest BCUT2D eigenvalue weighted by Crippen LogP contribution is -2.43. The van der Waals surface area contributed by atoms with Crippen LogP contribution in [0, 0.1) is 0 Å². The van der Waals surface area contributed by atoms with Crippen LogP contribution < -0.4 is 15.5 Å². The average molecular weight is 548 g/mol. The van der Waals surface area contributed by atoms with Crippen LogP contribution in [0.1, 0.15) is 49.8 Å². The molecule has 7 nitrogen and oxygen atoms in total. The van der Waals surface area contributed by atoms with Crippen molar-refractivity contribution in [1.82, 2.24) is 20.6 Å². The second-order valence-corrected chi connectivity index (χ2v) is 9.94. The Hall–Kier alpha value is -3.40. The first-order valence-electron chi connectivity index (χ1n) is 12.5. The molecule has 0 atom stereocenters. The van der Waals surface area contributed by atoms with Gasteiger partial charge in [0.25, 0.3) is 0 Å². The largest absolute Gasteiger partial charge is 0.433 e. The number of alkyl halides is 3. The molecule has 4 rings (SSSR count). The second kappa shape index (κ2) is 12.0. The number of rotatable bonds is 8. The van der Waals surface area contributed by atoms with Gasteiger partial charge in [0.2, 0.25) is 11.8 Å². The van der Waals surface area contributed by atoms with Gasteiger partial charge >= 0.3 is 6.18 Å². The van der Waals surface area contributed by atoms with Crippen molar-refractivity contribution in [2.24, 2.45) is 0 Å². The van der Waals surface area contributed by atoms with Gasteiger partial charge in [0, 0.05) is 67.0 Å². The maximum Gasteiger partial charge on any atom is 0.433 e. The molecular formula is C27H29ClF3N5O2. The van der Waals surface area contributed by atoms with Gasteiger partial charge in [-0.15, -0.1) is 0 Å². The molecule has 1 fully saturated rings. The monoisotopic (exact) mass is 547 g/mol. The maximum absolute atomic E-state index is 13.5. The number of anilines is 1. The van der Waals surface area contributed by atoms with Gasteiger partial charge in [-0.2, -0.15) is 13.2 Å². The topological polar surface area (TPSA) is 87.2 Å². The molecule has 1 aliphatic carbocycles. The summed E-state index contributed by atoms with van der Waals surface area (Å²) in [5.74, 6) is -0.403. The molecule has 1 aliphatic rings. The van der Waals surface area contributed by atoms with Crippen LogP contribution in [0.15, 0.2) is 48.8 Å². The van der Waals surface area contributed by atoms with Gasteiger partial charge in [-0.25, -0.2) is 4.98 Å². The Morgan fingerprint density at radius 3 is 2.50 bits per heavy atom. The van der Waals surface area contributed by atoms with Gasteiger partial charge in [0.05, 0.1) is 5.52 Å². The van der Waals surface area contributed by atoms with Gasteiger partial charge in [-0.05, 0) is 61.6 Å². The Morgan fingerprint density at radius 2 is 1.82 bits per heavy atom. The number of carbonyl (C=O) groups is 2. The number of nitrogens with zero attached hydrogens (tertiary/aromatic N) is 3. The lowest BCUT2D eigenvalue weighted by molar-refractivity contribution is -0.141. The molecule has 202 valence electrons. The molecule has 0 unspecified atom stereocenters. The zero-order valence-electron chi connectivity index (χ0n) is 20.9. The molecule has 0 aliphatic heterocycles. The van der Waals surface area contributed by atoms with E-state index in [4.69, 9.17) is 11.6 Å². The summed E-state index contributed by atoms with van der Waals surface area (Å²) in [5, 5.41) is 6.75. The van der Waals surface area contributed by atoms with Crippen LogP contribution >= 0.6 is 11.6 Å². The third-order valence-electron chi connectivity index (χ3n) is 6.82. The molecule has 1 saturated carbocycles. The number of hydrogen-bond acceptors (Lipinski definition) is 5. The lowest BCUT2D eigenvalue weighted by Gasteiger charge is -2.37. The van der Waals surface area contributed by atoms with Crippen molar-refractivity contribution in [3.05, 3.63) is 65.1 Å². The molecule has 11 heteroatoms. The van der Waals surface area contributed by atoms with Crippen molar-refractivity contribution in [1.29, 1.82) is 0 Å². The standard InChI is InChI=1S/C27H29ClF3N5O2/c1-36(23-14-24(27(29,30)31)35-22-9-4-18(28)13-21(22)23)20-7-5-19(6-8-20)34-26(38)11-10-25(37)33-16-17-3-2-12-32-15-17/h2-4,9,12-15,19-20H,5-8,10-11,16H2,1H3,(H,33,37)(H,34,38). The van der Waals surface area contributed by atoms with Crippen LogP contribution in [0.3, 0.4) is 0 Å². The van der Waals surface area contributed by atoms with E-state index in [1.165, 1.54) is 12.1 Å². The molecule has 2 aromatic heterocycles. The summed E-state index contributed by atoms with van der Waals surface area (Å²) in [7, 11) is 1.78. The molecule has 0 bridgehead atoms. The summed E-state index contributed by atoms with van der Waals surface area (Å²) in [4.78, 5) is 34.1. The van der Waals surface area contributed by atoms with Crippen LogP contribution in [0.2, 0.25) is 5.02 Å². The molecule has 2 heterocycles.